The van der Waals surface area contributed by atoms with Crippen LogP contribution >= 0.6 is 15.9 Å². The minimum Gasteiger partial charge on any atom is -0.381 e. The van der Waals surface area contributed by atoms with Crippen molar-refractivity contribution in [1.82, 2.24) is 0 Å². The highest BCUT2D eigenvalue weighted by molar-refractivity contribution is 9.10. The molecule has 4 heteroatoms. The Balaban J connectivity index is 2.10. The van der Waals surface area contributed by atoms with Crippen molar-refractivity contribution in [3.63, 3.8) is 0 Å². The van der Waals surface area contributed by atoms with Crippen LogP contribution < -0.4 is 11.1 Å². The molecule has 0 unspecified atom stereocenters. The molecular weight excluding hydrogens is 316 g/mol. The third-order valence-corrected chi connectivity index (χ3v) is 4.16. The van der Waals surface area contributed by atoms with Gasteiger partial charge in [0.25, 0.3) is 0 Å². The average molecular weight is 333 g/mol. The first-order valence-corrected chi connectivity index (χ1v) is 7.16. The number of anilines is 1. The van der Waals surface area contributed by atoms with E-state index in [9.17, 15) is 4.79 Å². The predicted molar refractivity (Wildman–Crippen MR) is 85.9 cm³/mol. The number of nitrogens with two attached hydrogens (primary N) is 1. The summed E-state index contributed by atoms with van der Waals surface area (Å²) in [6, 6.07) is 11.7. The molecule has 0 aromatic heterocycles. The predicted octanol–water partition coefficient (Wildman–Crippen LogP) is 3.78. The van der Waals surface area contributed by atoms with E-state index in [1.54, 1.807) is 6.07 Å². The number of hydrogen-bond acceptors (Lipinski definition) is 2. The lowest BCUT2D eigenvalue weighted by Crippen LogP contribution is -2.11. The molecule has 0 heterocycles. The van der Waals surface area contributed by atoms with Gasteiger partial charge in [0.05, 0.1) is 0 Å². The second-order valence-corrected chi connectivity index (χ2v) is 5.68. The van der Waals surface area contributed by atoms with Crippen LogP contribution in [-0.2, 0) is 6.54 Å². The summed E-state index contributed by atoms with van der Waals surface area (Å²) >= 11 is 3.49. The van der Waals surface area contributed by atoms with Crippen molar-refractivity contribution in [2.75, 3.05) is 5.32 Å². The highest BCUT2D eigenvalue weighted by atomic mass is 79.9. The molecule has 3 N–H and O–H groups in total. The molecule has 0 aliphatic heterocycles. The molecule has 2 aromatic rings. The summed E-state index contributed by atoms with van der Waals surface area (Å²) in [7, 11) is 0. The van der Waals surface area contributed by atoms with Crippen LogP contribution in [0.1, 0.15) is 27.0 Å². The highest BCUT2D eigenvalue weighted by Crippen LogP contribution is 2.21. The number of rotatable bonds is 4. The molecule has 0 atom stereocenters. The summed E-state index contributed by atoms with van der Waals surface area (Å²) in [4.78, 5) is 11.1. The smallest absolute Gasteiger partial charge is 0.248 e. The third kappa shape index (κ3) is 3.39. The Kier molecular flexibility index (Phi) is 4.45. The Morgan fingerprint density at radius 3 is 2.50 bits per heavy atom. The monoisotopic (exact) mass is 332 g/mol. The number of hydrogen-bond donors (Lipinski definition) is 2. The topological polar surface area (TPSA) is 55.1 Å². The van der Waals surface area contributed by atoms with Crippen LogP contribution in [0.15, 0.2) is 40.9 Å². The molecule has 104 valence electrons. The fourth-order valence-electron chi connectivity index (χ4n) is 2.00. The van der Waals surface area contributed by atoms with Crippen LogP contribution in [0.5, 0.6) is 0 Å². The van der Waals surface area contributed by atoms with Gasteiger partial charge in [-0.15, -0.1) is 0 Å². The van der Waals surface area contributed by atoms with E-state index in [1.807, 2.05) is 31.2 Å². The van der Waals surface area contributed by atoms with E-state index in [1.165, 1.54) is 5.56 Å². The zero-order valence-corrected chi connectivity index (χ0v) is 13.1. The minimum absolute atomic E-state index is 0.392. The van der Waals surface area contributed by atoms with Crippen molar-refractivity contribution in [3.8, 4) is 0 Å². The number of primary amides is 1. The molecule has 0 saturated heterocycles. The summed E-state index contributed by atoms with van der Waals surface area (Å²) in [5.74, 6) is -0.392. The lowest BCUT2D eigenvalue weighted by Gasteiger charge is -2.11. The van der Waals surface area contributed by atoms with Crippen LogP contribution in [0, 0.1) is 13.8 Å². The molecule has 2 rings (SSSR count). The fraction of sp³-hybridized carbons (Fsp3) is 0.188. The van der Waals surface area contributed by atoms with E-state index < -0.39 is 5.91 Å². The molecule has 0 saturated carbocycles. The van der Waals surface area contributed by atoms with Crippen LogP contribution in [0.4, 0.5) is 5.69 Å². The molecule has 0 aliphatic carbocycles. The highest BCUT2D eigenvalue weighted by Gasteiger charge is 2.04. The van der Waals surface area contributed by atoms with Gasteiger partial charge < -0.3 is 11.1 Å². The quantitative estimate of drug-likeness (QED) is 0.895. The van der Waals surface area contributed by atoms with E-state index in [4.69, 9.17) is 5.73 Å². The molecule has 20 heavy (non-hydrogen) atoms. The lowest BCUT2D eigenvalue weighted by atomic mass is 10.0. The Morgan fingerprint density at radius 2 is 1.90 bits per heavy atom. The van der Waals surface area contributed by atoms with E-state index in [-0.39, 0.29) is 0 Å². The zero-order chi connectivity index (χ0) is 14.7. The summed E-state index contributed by atoms with van der Waals surface area (Å²) < 4.78 is 1.10. The number of benzene rings is 2. The van der Waals surface area contributed by atoms with Gasteiger partial charge in [-0.25, -0.2) is 0 Å². The van der Waals surface area contributed by atoms with Crippen molar-refractivity contribution >= 4 is 27.5 Å². The molecule has 0 aliphatic rings. The number of nitrogens with one attached hydrogen (secondary N) is 1. The van der Waals surface area contributed by atoms with Crippen LogP contribution in [-0.4, -0.2) is 5.91 Å². The van der Waals surface area contributed by atoms with Gasteiger partial charge in [-0.05, 0) is 60.9 Å². The third-order valence-electron chi connectivity index (χ3n) is 3.27. The maximum atomic E-state index is 11.1. The molecule has 0 fully saturated rings. The Labute approximate surface area is 127 Å². The van der Waals surface area contributed by atoms with Crippen molar-refractivity contribution in [3.05, 3.63) is 63.1 Å². The van der Waals surface area contributed by atoms with Crippen molar-refractivity contribution in [2.45, 2.75) is 20.4 Å². The van der Waals surface area contributed by atoms with Gasteiger partial charge >= 0.3 is 0 Å². The van der Waals surface area contributed by atoms with Gasteiger partial charge in [0.1, 0.15) is 0 Å². The van der Waals surface area contributed by atoms with Gasteiger partial charge in [-0.3, -0.25) is 4.79 Å². The second kappa shape index (κ2) is 6.09. The number of aryl methyl sites for hydroxylation is 2. The van der Waals surface area contributed by atoms with Gasteiger partial charge in [-0.2, -0.15) is 0 Å². The molecule has 3 nitrogen and oxygen atoms in total. The first-order valence-electron chi connectivity index (χ1n) is 6.36. The molecular formula is C16H17BrN2O. The number of carbonyl (C=O) groups is 1. The maximum absolute atomic E-state index is 11.1. The van der Waals surface area contributed by atoms with E-state index in [2.05, 4.69) is 34.2 Å². The fourth-order valence-corrected chi connectivity index (χ4v) is 2.25. The Morgan fingerprint density at radius 1 is 1.15 bits per heavy atom. The summed E-state index contributed by atoms with van der Waals surface area (Å²) in [6.07, 6.45) is 0. The van der Waals surface area contributed by atoms with E-state index >= 15 is 0 Å². The molecule has 2 aromatic carbocycles. The number of carbonyl (C=O) groups excluding carboxylic acids is 1. The van der Waals surface area contributed by atoms with Gasteiger partial charge in [-0.1, -0.05) is 22.0 Å². The van der Waals surface area contributed by atoms with Crippen molar-refractivity contribution < 1.29 is 4.79 Å². The van der Waals surface area contributed by atoms with E-state index in [0.29, 0.717) is 12.1 Å². The second-order valence-electron chi connectivity index (χ2n) is 4.82. The summed E-state index contributed by atoms with van der Waals surface area (Å²) in [6.45, 7) is 4.75. The van der Waals surface area contributed by atoms with Gasteiger partial charge in [0.15, 0.2) is 0 Å². The van der Waals surface area contributed by atoms with Crippen molar-refractivity contribution in [2.24, 2.45) is 5.73 Å². The SMILES string of the molecule is Cc1cc(NCc2ccc(C(N)=O)cc2C)ccc1Br. The minimum atomic E-state index is -0.392. The average Bonchev–Trinajstić information content (AvgIpc) is 2.41. The summed E-state index contributed by atoms with van der Waals surface area (Å²) in [5, 5.41) is 3.38. The van der Waals surface area contributed by atoms with Crippen LogP contribution in [0.3, 0.4) is 0 Å². The summed E-state index contributed by atoms with van der Waals surface area (Å²) in [5.41, 5.74) is 10.3. The molecule has 1 amide bonds. The Hall–Kier alpha value is -1.81. The normalized spacial score (nSPS) is 10.3. The van der Waals surface area contributed by atoms with Crippen LogP contribution in [0.2, 0.25) is 0 Å². The lowest BCUT2D eigenvalue weighted by molar-refractivity contribution is 0.1000. The number of halogens is 1. The first-order chi connectivity index (χ1) is 9.47. The standard InChI is InChI=1S/C16H17BrN2O/c1-10-7-12(16(18)20)3-4-13(10)9-19-14-5-6-15(17)11(2)8-14/h3-8,19H,9H2,1-2H3,(H2,18,20). The first kappa shape index (κ1) is 14.6. The van der Waals surface area contributed by atoms with Gasteiger partial charge in [0.2, 0.25) is 5.91 Å². The molecule has 0 bridgehead atoms. The van der Waals surface area contributed by atoms with E-state index in [0.717, 1.165) is 21.3 Å². The number of amides is 1. The Bertz CT molecular complexity index is 653. The maximum Gasteiger partial charge on any atom is 0.248 e. The van der Waals surface area contributed by atoms with Crippen LogP contribution in [0.25, 0.3) is 0 Å². The van der Waals surface area contributed by atoms with Gasteiger partial charge in [0, 0.05) is 22.3 Å². The molecule has 0 spiro atoms. The molecule has 0 radical (unpaired) electrons. The zero-order valence-electron chi connectivity index (χ0n) is 11.5. The van der Waals surface area contributed by atoms with Crippen molar-refractivity contribution in [1.29, 1.82) is 0 Å². The largest absolute Gasteiger partial charge is 0.381 e.